The van der Waals surface area contributed by atoms with E-state index in [4.69, 9.17) is 0 Å². The Morgan fingerprint density at radius 2 is 1.91 bits per heavy atom. The van der Waals surface area contributed by atoms with Crippen molar-refractivity contribution in [3.8, 4) is 0 Å². The second kappa shape index (κ2) is 9.87. The standard InChI is InChI=1S/C27H41F3O3/c1-17(7-5-14-26(4,33)27(28,29)30)22-11-12-23-19(8-6-13-25(22,23)3)9-10-20-15-21(31)16-24(32)18(20)2/h9-10,17,21-24,31-33H,2,5-8,11-16H2,1,3-4H3/b19-9?,20-10-/t17-,21-,22-,23?,24-,25-,26?/m1/s1. The number of allylic oxidation sites excluding steroid dienone is 3. The van der Waals surface area contributed by atoms with E-state index >= 15 is 0 Å². The number of rotatable bonds is 6. The van der Waals surface area contributed by atoms with Crippen LogP contribution >= 0.6 is 0 Å². The fraction of sp³-hybridized carbons (Fsp3) is 0.778. The normalized spacial score (nSPS) is 38.4. The second-order valence-corrected chi connectivity index (χ2v) is 11.3. The first kappa shape index (κ1) is 26.5. The van der Waals surface area contributed by atoms with Crippen LogP contribution < -0.4 is 0 Å². The van der Waals surface area contributed by atoms with Crippen molar-refractivity contribution in [2.24, 2.45) is 23.2 Å². The molecule has 0 aromatic heterocycles. The number of aliphatic hydroxyl groups is 3. The minimum atomic E-state index is -4.59. The molecule has 0 heterocycles. The van der Waals surface area contributed by atoms with Crippen LogP contribution in [0.3, 0.4) is 0 Å². The Kier molecular flexibility index (Phi) is 7.92. The summed E-state index contributed by atoms with van der Waals surface area (Å²) in [5, 5.41) is 29.9. The van der Waals surface area contributed by atoms with Gasteiger partial charge in [0, 0.05) is 6.42 Å². The van der Waals surface area contributed by atoms with Gasteiger partial charge in [-0.3, -0.25) is 0 Å². The van der Waals surface area contributed by atoms with Crippen LogP contribution in [-0.4, -0.2) is 39.3 Å². The Balaban J connectivity index is 1.67. The van der Waals surface area contributed by atoms with Crippen LogP contribution in [0.15, 0.2) is 35.5 Å². The highest BCUT2D eigenvalue weighted by Crippen LogP contribution is 2.60. The van der Waals surface area contributed by atoms with Gasteiger partial charge in [-0.2, -0.15) is 13.2 Å². The van der Waals surface area contributed by atoms with Crippen molar-refractivity contribution in [2.45, 2.75) is 109 Å². The first-order valence-electron chi connectivity index (χ1n) is 12.5. The molecule has 6 heteroatoms. The topological polar surface area (TPSA) is 60.7 Å². The van der Waals surface area contributed by atoms with E-state index in [1.807, 2.05) is 6.08 Å². The summed E-state index contributed by atoms with van der Waals surface area (Å²) in [6.45, 7) is 9.39. The number of hydrogen-bond donors (Lipinski definition) is 3. The Hall–Kier alpha value is -1.11. The molecule has 0 amide bonds. The number of fused-ring (bicyclic) bond motifs is 1. The van der Waals surface area contributed by atoms with Gasteiger partial charge in [0.2, 0.25) is 0 Å². The number of halogens is 3. The SMILES string of the molecule is C=C1/C(=C\C=C2CCC[C@@]3(C)C2CC[C@@H]3[C@H](C)CCCC(C)(O)C(F)(F)F)C[C@@H](O)C[C@H]1O. The lowest BCUT2D eigenvalue weighted by Crippen LogP contribution is -2.42. The summed E-state index contributed by atoms with van der Waals surface area (Å²) in [6, 6.07) is 0. The molecule has 3 aliphatic carbocycles. The summed E-state index contributed by atoms with van der Waals surface area (Å²) in [4.78, 5) is 0. The zero-order chi connectivity index (χ0) is 24.6. The van der Waals surface area contributed by atoms with E-state index in [2.05, 4.69) is 26.5 Å². The molecular formula is C27H41F3O3. The van der Waals surface area contributed by atoms with E-state index in [0.717, 1.165) is 44.6 Å². The third kappa shape index (κ3) is 5.59. The first-order chi connectivity index (χ1) is 15.3. The molecule has 3 N–H and O–H groups in total. The van der Waals surface area contributed by atoms with Crippen LogP contribution in [0.2, 0.25) is 0 Å². The molecule has 7 atom stereocenters. The maximum absolute atomic E-state index is 13.0. The lowest BCUT2D eigenvalue weighted by Gasteiger charge is -2.44. The third-order valence-corrected chi connectivity index (χ3v) is 8.92. The molecule has 0 aromatic carbocycles. The van der Waals surface area contributed by atoms with Gasteiger partial charge in [0.1, 0.15) is 0 Å². The predicted molar refractivity (Wildman–Crippen MR) is 124 cm³/mol. The van der Waals surface area contributed by atoms with Crippen molar-refractivity contribution in [1.29, 1.82) is 0 Å². The number of hydrogen-bond acceptors (Lipinski definition) is 3. The Morgan fingerprint density at radius 3 is 2.58 bits per heavy atom. The molecule has 33 heavy (non-hydrogen) atoms. The summed E-state index contributed by atoms with van der Waals surface area (Å²) in [6.07, 6.45) is 5.49. The molecule has 0 spiro atoms. The molecule has 3 saturated carbocycles. The monoisotopic (exact) mass is 470 g/mol. The van der Waals surface area contributed by atoms with E-state index in [0.29, 0.717) is 49.0 Å². The minimum Gasteiger partial charge on any atom is -0.393 e. The van der Waals surface area contributed by atoms with Crippen LogP contribution in [-0.2, 0) is 0 Å². The molecule has 0 bridgehead atoms. The quantitative estimate of drug-likeness (QED) is 0.430. The largest absolute Gasteiger partial charge is 0.416 e. The molecule has 2 unspecified atom stereocenters. The average Bonchev–Trinajstić information content (AvgIpc) is 3.06. The van der Waals surface area contributed by atoms with Crippen molar-refractivity contribution < 1.29 is 28.5 Å². The molecule has 0 saturated heterocycles. The summed E-state index contributed by atoms with van der Waals surface area (Å²) in [7, 11) is 0. The van der Waals surface area contributed by atoms with Crippen molar-refractivity contribution in [3.63, 3.8) is 0 Å². The maximum Gasteiger partial charge on any atom is 0.416 e. The van der Waals surface area contributed by atoms with Crippen LogP contribution in [0.1, 0.15) is 85.0 Å². The molecule has 3 rings (SSSR count). The van der Waals surface area contributed by atoms with Gasteiger partial charge in [-0.05, 0) is 92.6 Å². The molecule has 3 aliphatic rings. The molecule has 0 aromatic rings. The van der Waals surface area contributed by atoms with Gasteiger partial charge >= 0.3 is 6.18 Å². The van der Waals surface area contributed by atoms with Crippen LogP contribution in [0.25, 0.3) is 0 Å². The van der Waals surface area contributed by atoms with Crippen molar-refractivity contribution >= 4 is 0 Å². The van der Waals surface area contributed by atoms with E-state index in [9.17, 15) is 28.5 Å². The smallest absolute Gasteiger partial charge is 0.393 e. The summed E-state index contributed by atoms with van der Waals surface area (Å²) < 4.78 is 38.9. The number of aliphatic hydroxyl groups excluding tert-OH is 2. The highest BCUT2D eigenvalue weighted by molar-refractivity contribution is 5.38. The minimum absolute atomic E-state index is 0.136. The molecule has 3 nitrogen and oxygen atoms in total. The van der Waals surface area contributed by atoms with E-state index in [-0.39, 0.29) is 11.8 Å². The Morgan fingerprint density at radius 1 is 1.21 bits per heavy atom. The van der Waals surface area contributed by atoms with Crippen molar-refractivity contribution in [2.75, 3.05) is 0 Å². The maximum atomic E-state index is 13.0. The van der Waals surface area contributed by atoms with Gasteiger partial charge < -0.3 is 15.3 Å². The van der Waals surface area contributed by atoms with Gasteiger partial charge in [-0.25, -0.2) is 0 Å². The molecule has 0 radical (unpaired) electrons. The van der Waals surface area contributed by atoms with Gasteiger partial charge in [-0.1, -0.05) is 44.6 Å². The zero-order valence-corrected chi connectivity index (χ0v) is 20.3. The molecular weight excluding hydrogens is 429 g/mol. The van der Waals surface area contributed by atoms with Gasteiger partial charge in [0.05, 0.1) is 12.2 Å². The van der Waals surface area contributed by atoms with E-state index < -0.39 is 24.0 Å². The summed E-state index contributed by atoms with van der Waals surface area (Å²) >= 11 is 0. The first-order valence-corrected chi connectivity index (χ1v) is 12.5. The summed E-state index contributed by atoms with van der Waals surface area (Å²) in [5.74, 6) is 1.23. The van der Waals surface area contributed by atoms with Crippen molar-refractivity contribution in [3.05, 3.63) is 35.5 Å². The van der Waals surface area contributed by atoms with Gasteiger partial charge in [0.25, 0.3) is 0 Å². The fourth-order valence-electron chi connectivity index (χ4n) is 6.79. The lowest BCUT2D eigenvalue weighted by molar-refractivity contribution is -0.255. The van der Waals surface area contributed by atoms with Crippen LogP contribution in [0, 0.1) is 23.2 Å². The predicted octanol–water partition coefficient (Wildman–Crippen LogP) is 6.25. The second-order valence-electron chi connectivity index (χ2n) is 11.3. The average molecular weight is 471 g/mol. The summed E-state index contributed by atoms with van der Waals surface area (Å²) in [5.41, 5.74) is 0.544. The van der Waals surface area contributed by atoms with Crippen LogP contribution in [0.5, 0.6) is 0 Å². The Bertz CT molecular complexity index is 782. The van der Waals surface area contributed by atoms with E-state index in [1.54, 1.807) is 0 Å². The number of alkyl halides is 3. The fourth-order valence-corrected chi connectivity index (χ4v) is 6.79. The van der Waals surface area contributed by atoms with Crippen molar-refractivity contribution in [1.82, 2.24) is 0 Å². The third-order valence-electron chi connectivity index (χ3n) is 8.92. The van der Waals surface area contributed by atoms with Gasteiger partial charge in [-0.15, -0.1) is 0 Å². The molecule has 3 fully saturated rings. The highest BCUT2D eigenvalue weighted by atomic mass is 19.4. The lowest BCUT2D eigenvalue weighted by atomic mass is 9.60. The molecule has 188 valence electrons. The van der Waals surface area contributed by atoms with E-state index in [1.165, 1.54) is 5.57 Å². The Labute approximate surface area is 196 Å². The molecule has 0 aliphatic heterocycles. The van der Waals surface area contributed by atoms with Crippen LogP contribution in [0.4, 0.5) is 13.2 Å². The van der Waals surface area contributed by atoms with Gasteiger partial charge in [0.15, 0.2) is 5.60 Å². The zero-order valence-electron chi connectivity index (χ0n) is 20.3. The highest BCUT2D eigenvalue weighted by Gasteiger charge is 2.51.